The van der Waals surface area contributed by atoms with E-state index in [-0.39, 0.29) is 29.4 Å². The predicted molar refractivity (Wildman–Crippen MR) is 102 cm³/mol. The zero-order chi connectivity index (χ0) is 14.5. The SMILES string of the molecule is I.NC(=NCC1(c2ccccc2)CCC1)Nc1ccccn1. The van der Waals surface area contributed by atoms with Crippen LogP contribution < -0.4 is 11.1 Å². The molecule has 116 valence electrons. The molecular formula is C17H21IN4. The van der Waals surface area contributed by atoms with Gasteiger partial charge >= 0.3 is 0 Å². The van der Waals surface area contributed by atoms with Gasteiger partial charge < -0.3 is 11.1 Å². The Morgan fingerprint density at radius 3 is 2.45 bits per heavy atom. The van der Waals surface area contributed by atoms with Crippen molar-refractivity contribution in [1.29, 1.82) is 0 Å². The van der Waals surface area contributed by atoms with E-state index in [4.69, 9.17) is 5.73 Å². The average molecular weight is 408 g/mol. The first-order valence-electron chi connectivity index (χ1n) is 7.32. The van der Waals surface area contributed by atoms with Gasteiger partial charge in [-0.1, -0.05) is 42.8 Å². The Morgan fingerprint density at radius 1 is 1.14 bits per heavy atom. The molecule has 1 aromatic heterocycles. The van der Waals surface area contributed by atoms with E-state index >= 15 is 0 Å². The van der Waals surface area contributed by atoms with Gasteiger partial charge in [-0.3, -0.25) is 4.99 Å². The highest BCUT2D eigenvalue weighted by Crippen LogP contribution is 2.43. The summed E-state index contributed by atoms with van der Waals surface area (Å²) in [4.78, 5) is 8.72. The van der Waals surface area contributed by atoms with Gasteiger partial charge in [-0.15, -0.1) is 24.0 Å². The van der Waals surface area contributed by atoms with Crippen LogP contribution in [0.1, 0.15) is 24.8 Å². The molecule has 1 heterocycles. The van der Waals surface area contributed by atoms with Crippen molar-refractivity contribution >= 4 is 35.8 Å². The van der Waals surface area contributed by atoms with Crippen molar-refractivity contribution in [3.8, 4) is 0 Å². The maximum Gasteiger partial charge on any atom is 0.194 e. The quantitative estimate of drug-likeness (QED) is 0.462. The van der Waals surface area contributed by atoms with Crippen molar-refractivity contribution < 1.29 is 0 Å². The Hall–Kier alpha value is -1.63. The molecule has 1 aliphatic rings. The number of anilines is 1. The van der Waals surface area contributed by atoms with Crippen LogP contribution in [0.3, 0.4) is 0 Å². The number of hydrogen-bond acceptors (Lipinski definition) is 2. The molecule has 0 radical (unpaired) electrons. The van der Waals surface area contributed by atoms with Crippen LogP contribution in [0.15, 0.2) is 59.7 Å². The van der Waals surface area contributed by atoms with Gasteiger partial charge in [0.05, 0.1) is 6.54 Å². The van der Waals surface area contributed by atoms with Crippen molar-refractivity contribution in [1.82, 2.24) is 4.98 Å². The molecule has 0 unspecified atom stereocenters. The summed E-state index contributed by atoms with van der Waals surface area (Å²) in [6.45, 7) is 0.725. The first kappa shape index (κ1) is 16.7. The monoisotopic (exact) mass is 408 g/mol. The lowest BCUT2D eigenvalue weighted by atomic mass is 9.64. The highest BCUT2D eigenvalue weighted by molar-refractivity contribution is 14.0. The number of rotatable bonds is 4. The maximum atomic E-state index is 5.97. The number of nitrogens with one attached hydrogen (secondary N) is 1. The number of hydrogen-bond donors (Lipinski definition) is 2. The van der Waals surface area contributed by atoms with Crippen molar-refractivity contribution in [2.45, 2.75) is 24.7 Å². The Balaban J connectivity index is 0.00000176. The lowest BCUT2D eigenvalue weighted by molar-refractivity contribution is 0.254. The Kier molecular flexibility index (Phi) is 5.76. The molecule has 0 saturated heterocycles. The highest BCUT2D eigenvalue weighted by atomic mass is 127. The Bertz CT molecular complexity index is 609. The molecule has 5 heteroatoms. The molecule has 3 rings (SSSR count). The molecule has 1 saturated carbocycles. The highest BCUT2D eigenvalue weighted by Gasteiger charge is 2.38. The van der Waals surface area contributed by atoms with Gasteiger partial charge in [0, 0.05) is 11.6 Å². The fourth-order valence-electron chi connectivity index (χ4n) is 2.78. The van der Waals surface area contributed by atoms with Crippen LogP contribution in [0.4, 0.5) is 5.82 Å². The van der Waals surface area contributed by atoms with Gasteiger partial charge in [-0.25, -0.2) is 4.98 Å². The summed E-state index contributed by atoms with van der Waals surface area (Å²) in [6, 6.07) is 16.3. The number of aliphatic imine (C=N–C) groups is 1. The predicted octanol–water partition coefficient (Wildman–Crippen LogP) is 3.55. The fourth-order valence-corrected chi connectivity index (χ4v) is 2.78. The van der Waals surface area contributed by atoms with Crippen LogP contribution in [0, 0.1) is 0 Å². The molecule has 0 spiro atoms. The van der Waals surface area contributed by atoms with E-state index in [2.05, 4.69) is 45.6 Å². The fraction of sp³-hybridized carbons (Fsp3) is 0.294. The van der Waals surface area contributed by atoms with E-state index in [1.165, 1.54) is 24.8 Å². The zero-order valence-electron chi connectivity index (χ0n) is 12.4. The number of halogens is 1. The topological polar surface area (TPSA) is 63.3 Å². The second-order valence-electron chi connectivity index (χ2n) is 5.54. The zero-order valence-corrected chi connectivity index (χ0v) is 14.7. The number of pyridine rings is 1. The summed E-state index contributed by atoms with van der Waals surface area (Å²) >= 11 is 0. The minimum Gasteiger partial charge on any atom is -0.370 e. The smallest absolute Gasteiger partial charge is 0.194 e. The van der Waals surface area contributed by atoms with Crippen LogP contribution in [0.2, 0.25) is 0 Å². The lowest BCUT2D eigenvalue weighted by Gasteiger charge is -2.41. The first-order chi connectivity index (χ1) is 10.3. The number of guanidine groups is 1. The Labute approximate surface area is 148 Å². The van der Waals surface area contributed by atoms with Gasteiger partial charge in [0.1, 0.15) is 5.82 Å². The number of nitrogens with zero attached hydrogens (tertiary/aromatic N) is 2. The molecule has 3 N–H and O–H groups in total. The molecule has 1 fully saturated rings. The van der Waals surface area contributed by atoms with Gasteiger partial charge in [0.2, 0.25) is 0 Å². The van der Waals surface area contributed by atoms with Gasteiger partial charge in [0.15, 0.2) is 5.96 Å². The summed E-state index contributed by atoms with van der Waals surface area (Å²) in [6.07, 6.45) is 5.35. The van der Waals surface area contributed by atoms with E-state index in [0.29, 0.717) is 5.96 Å². The van der Waals surface area contributed by atoms with E-state index in [9.17, 15) is 0 Å². The molecule has 1 aromatic carbocycles. The number of nitrogens with two attached hydrogens (primary N) is 1. The molecular weight excluding hydrogens is 387 g/mol. The van der Waals surface area contributed by atoms with Gasteiger partial charge in [-0.2, -0.15) is 0 Å². The second-order valence-corrected chi connectivity index (χ2v) is 5.54. The van der Waals surface area contributed by atoms with E-state index in [1.807, 2.05) is 18.2 Å². The van der Waals surface area contributed by atoms with Crippen LogP contribution in [-0.2, 0) is 5.41 Å². The third kappa shape index (κ3) is 3.76. The second kappa shape index (κ2) is 7.58. The Morgan fingerprint density at radius 2 is 1.86 bits per heavy atom. The van der Waals surface area contributed by atoms with Crippen LogP contribution in [-0.4, -0.2) is 17.5 Å². The van der Waals surface area contributed by atoms with Gasteiger partial charge in [-0.05, 0) is 30.5 Å². The summed E-state index contributed by atoms with van der Waals surface area (Å²) in [5.41, 5.74) is 7.50. The largest absolute Gasteiger partial charge is 0.370 e. The molecule has 22 heavy (non-hydrogen) atoms. The van der Waals surface area contributed by atoms with Crippen molar-refractivity contribution in [2.24, 2.45) is 10.7 Å². The van der Waals surface area contributed by atoms with Crippen LogP contribution >= 0.6 is 24.0 Å². The third-order valence-corrected chi connectivity index (χ3v) is 4.17. The van der Waals surface area contributed by atoms with Crippen LogP contribution in [0.5, 0.6) is 0 Å². The molecule has 4 nitrogen and oxygen atoms in total. The number of benzene rings is 1. The normalized spacial score (nSPS) is 16.3. The molecule has 0 amide bonds. The standard InChI is InChI=1S/C17H20N4.HI/c18-16(21-15-9-4-5-12-19-15)20-13-17(10-6-11-17)14-7-2-1-3-8-14;/h1-5,7-9,12H,6,10-11,13H2,(H3,18,19,20,21);1H. The summed E-state index contributed by atoms with van der Waals surface area (Å²) in [5, 5.41) is 3.03. The van der Waals surface area contributed by atoms with Crippen molar-refractivity contribution in [3.05, 3.63) is 60.3 Å². The van der Waals surface area contributed by atoms with E-state index in [0.717, 1.165) is 12.4 Å². The van der Waals surface area contributed by atoms with Crippen molar-refractivity contribution in [3.63, 3.8) is 0 Å². The first-order valence-corrected chi connectivity index (χ1v) is 7.32. The average Bonchev–Trinajstić information content (AvgIpc) is 2.48. The summed E-state index contributed by atoms with van der Waals surface area (Å²) in [5.74, 6) is 1.15. The van der Waals surface area contributed by atoms with Gasteiger partial charge in [0.25, 0.3) is 0 Å². The van der Waals surface area contributed by atoms with E-state index < -0.39 is 0 Å². The summed E-state index contributed by atoms with van der Waals surface area (Å²) < 4.78 is 0. The maximum absolute atomic E-state index is 5.97. The summed E-state index contributed by atoms with van der Waals surface area (Å²) in [7, 11) is 0. The molecule has 0 bridgehead atoms. The third-order valence-electron chi connectivity index (χ3n) is 4.17. The van der Waals surface area contributed by atoms with Crippen molar-refractivity contribution in [2.75, 3.05) is 11.9 Å². The van der Waals surface area contributed by atoms with E-state index in [1.54, 1.807) is 6.20 Å². The minimum atomic E-state index is 0. The lowest BCUT2D eigenvalue weighted by Crippen LogP contribution is -2.38. The number of aromatic nitrogens is 1. The molecule has 2 aromatic rings. The molecule has 0 atom stereocenters. The molecule has 0 aliphatic heterocycles. The minimum absolute atomic E-state index is 0. The molecule has 1 aliphatic carbocycles. The van der Waals surface area contributed by atoms with Crippen LogP contribution in [0.25, 0.3) is 0 Å².